The van der Waals surface area contributed by atoms with Crippen LogP contribution in [0.4, 0.5) is 0 Å². The van der Waals surface area contributed by atoms with Gasteiger partial charge in [-0.25, -0.2) is 5.90 Å². The van der Waals surface area contributed by atoms with E-state index in [4.69, 9.17) is 10.9 Å². The molecule has 0 radical (unpaired) electrons. The quantitative estimate of drug-likeness (QED) is 0.420. The van der Waals surface area contributed by atoms with Crippen molar-refractivity contribution in [1.82, 2.24) is 0 Å². The molecule has 0 fully saturated rings. The molecule has 0 saturated carbocycles. The molecular formula is C6H18N2O2. The van der Waals surface area contributed by atoms with Gasteiger partial charge in [0.1, 0.15) is 0 Å². The fourth-order valence-corrected chi connectivity index (χ4v) is 0.539. The minimum atomic E-state index is -0.597. The average molecular weight is 150 g/mol. The summed E-state index contributed by atoms with van der Waals surface area (Å²) in [6, 6.07) is 0. The Hall–Kier alpha value is -0.160. The highest BCUT2D eigenvalue weighted by molar-refractivity contribution is 4.74. The molecule has 0 spiro atoms. The van der Waals surface area contributed by atoms with Gasteiger partial charge in [-0.15, -0.1) is 0 Å². The SMILES string of the molecule is CCC(O)(CC)CN.NO. The van der Waals surface area contributed by atoms with Gasteiger partial charge >= 0.3 is 0 Å². The Kier molecular flexibility index (Phi) is 8.70. The third-order valence-electron chi connectivity index (χ3n) is 1.70. The molecule has 10 heavy (non-hydrogen) atoms. The molecule has 0 aromatic rings. The molecule has 0 aliphatic rings. The van der Waals surface area contributed by atoms with E-state index in [1.807, 2.05) is 13.8 Å². The van der Waals surface area contributed by atoms with E-state index in [1.54, 1.807) is 0 Å². The Bertz CT molecular complexity index is 56.5. The molecule has 0 bridgehead atoms. The molecule has 0 amide bonds. The molecule has 0 aliphatic carbocycles. The van der Waals surface area contributed by atoms with E-state index in [9.17, 15) is 5.11 Å². The van der Waals surface area contributed by atoms with Crippen LogP contribution in [0.1, 0.15) is 26.7 Å². The van der Waals surface area contributed by atoms with Gasteiger partial charge in [-0.2, -0.15) is 0 Å². The third kappa shape index (κ3) is 4.69. The zero-order chi connectivity index (χ0) is 8.62. The number of hydrogen-bond donors (Lipinski definition) is 4. The van der Waals surface area contributed by atoms with Gasteiger partial charge in [-0.3, -0.25) is 0 Å². The zero-order valence-electron chi connectivity index (χ0n) is 6.67. The lowest BCUT2D eigenvalue weighted by Gasteiger charge is -2.21. The van der Waals surface area contributed by atoms with Gasteiger partial charge < -0.3 is 16.0 Å². The smallest absolute Gasteiger partial charge is 0.0764 e. The Morgan fingerprint density at radius 3 is 1.50 bits per heavy atom. The van der Waals surface area contributed by atoms with Crippen molar-refractivity contribution in [3.63, 3.8) is 0 Å². The monoisotopic (exact) mass is 150 g/mol. The normalized spacial score (nSPS) is 10.2. The second kappa shape index (κ2) is 6.95. The molecule has 0 rings (SSSR count). The highest BCUT2D eigenvalue weighted by Gasteiger charge is 2.18. The maximum Gasteiger partial charge on any atom is 0.0764 e. The summed E-state index contributed by atoms with van der Waals surface area (Å²) in [5, 5.41) is 15.8. The Morgan fingerprint density at radius 1 is 1.20 bits per heavy atom. The molecule has 4 heteroatoms. The maximum absolute atomic E-state index is 9.31. The van der Waals surface area contributed by atoms with Crippen LogP contribution in [-0.4, -0.2) is 22.5 Å². The largest absolute Gasteiger partial charge is 0.389 e. The Labute approximate surface area is 61.8 Å². The molecular weight excluding hydrogens is 132 g/mol. The number of aliphatic hydroxyl groups is 1. The van der Waals surface area contributed by atoms with Crippen LogP contribution in [0.2, 0.25) is 0 Å². The van der Waals surface area contributed by atoms with Crippen molar-refractivity contribution in [3.8, 4) is 0 Å². The highest BCUT2D eigenvalue weighted by atomic mass is 16.4. The minimum absolute atomic E-state index is 0.375. The van der Waals surface area contributed by atoms with Crippen molar-refractivity contribution in [2.75, 3.05) is 6.54 Å². The topological polar surface area (TPSA) is 92.5 Å². The van der Waals surface area contributed by atoms with Crippen LogP contribution < -0.4 is 11.6 Å². The molecule has 0 heterocycles. The van der Waals surface area contributed by atoms with E-state index in [-0.39, 0.29) is 0 Å². The lowest BCUT2D eigenvalue weighted by atomic mass is 9.98. The summed E-state index contributed by atoms with van der Waals surface area (Å²) in [6.07, 6.45) is 1.50. The fourth-order valence-electron chi connectivity index (χ4n) is 0.539. The van der Waals surface area contributed by atoms with Crippen LogP contribution in [0.15, 0.2) is 0 Å². The summed E-state index contributed by atoms with van der Waals surface area (Å²) in [7, 11) is 0. The van der Waals surface area contributed by atoms with Crippen LogP contribution in [0.25, 0.3) is 0 Å². The molecule has 0 saturated heterocycles. The van der Waals surface area contributed by atoms with E-state index in [2.05, 4.69) is 5.90 Å². The first-order chi connectivity index (χ1) is 4.68. The zero-order valence-corrected chi connectivity index (χ0v) is 6.67. The van der Waals surface area contributed by atoms with Gasteiger partial charge in [0.15, 0.2) is 0 Å². The van der Waals surface area contributed by atoms with Crippen molar-refractivity contribution in [1.29, 1.82) is 0 Å². The van der Waals surface area contributed by atoms with Gasteiger partial charge in [0.25, 0.3) is 0 Å². The first-order valence-electron chi connectivity index (χ1n) is 3.36. The highest BCUT2D eigenvalue weighted by Crippen LogP contribution is 2.10. The van der Waals surface area contributed by atoms with Crippen LogP contribution in [0, 0.1) is 0 Å². The summed E-state index contributed by atoms with van der Waals surface area (Å²) in [6.45, 7) is 4.26. The van der Waals surface area contributed by atoms with Gasteiger partial charge in [-0.1, -0.05) is 13.8 Å². The van der Waals surface area contributed by atoms with E-state index in [0.717, 1.165) is 12.8 Å². The van der Waals surface area contributed by atoms with Crippen molar-refractivity contribution in [3.05, 3.63) is 0 Å². The van der Waals surface area contributed by atoms with E-state index >= 15 is 0 Å². The van der Waals surface area contributed by atoms with Crippen LogP contribution >= 0.6 is 0 Å². The fraction of sp³-hybridized carbons (Fsp3) is 1.00. The summed E-state index contributed by atoms with van der Waals surface area (Å²) in [5.74, 6) is 3.50. The molecule has 64 valence electrons. The van der Waals surface area contributed by atoms with Gasteiger partial charge in [0.2, 0.25) is 0 Å². The average Bonchev–Trinajstić information content (AvgIpc) is 2.07. The third-order valence-corrected chi connectivity index (χ3v) is 1.70. The molecule has 4 nitrogen and oxygen atoms in total. The van der Waals surface area contributed by atoms with E-state index in [1.165, 1.54) is 0 Å². The van der Waals surface area contributed by atoms with Crippen LogP contribution in [0.5, 0.6) is 0 Å². The lowest BCUT2D eigenvalue weighted by molar-refractivity contribution is 0.0414. The lowest BCUT2D eigenvalue weighted by Crippen LogP contribution is -2.35. The summed E-state index contributed by atoms with van der Waals surface area (Å²) < 4.78 is 0. The van der Waals surface area contributed by atoms with Gasteiger partial charge in [0.05, 0.1) is 5.60 Å². The second-order valence-electron chi connectivity index (χ2n) is 2.14. The minimum Gasteiger partial charge on any atom is -0.389 e. The van der Waals surface area contributed by atoms with Crippen molar-refractivity contribution in [2.24, 2.45) is 11.6 Å². The van der Waals surface area contributed by atoms with Gasteiger partial charge in [0, 0.05) is 6.54 Å². The number of nitrogens with two attached hydrogens (primary N) is 2. The number of rotatable bonds is 3. The molecule has 0 unspecified atom stereocenters. The molecule has 0 aromatic carbocycles. The Morgan fingerprint density at radius 2 is 1.50 bits per heavy atom. The summed E-state index contributed by atoms with van der Waals surface area (Å²) in [4.78, 5) is 0. The van der Waals surface area contributed by atoms with Crippen LogP contribution in [0.3, 0.4) is 0 Å². The van der Waals surface area contributed by atoms with Gasteiger partial charge in [-0.05, 0) is 12.8 Å². The van der Waals surface area contributed by atoms with Crippen molar-refractivity contribution >= 4 is 0 Å². The molecule has 0 atom stereocenters. The first-order valence-corrected chi connectivity index (χ1v) is 3.36. The molecule has 6 N–H and O–H groups in total. The van der Waals surface area contributed by atoms with E-state index < -0.39 is 5.60 Å². The summed E-state index contributed by atoms with van der Waals surface area (Å²) >= 11 is 0. The first kappa shape index (κ1) is 12.5. The van der Waals surface area contributed by atoms with Crippen LogP contribution in [-0.2, 0) is 0 Å². The molecule has 0 aliphatic heterocycles. The Balaban J connectivity index is 0. The molecule has 0 aromatic heterocycles. The predicted molar refractivity (Wildman–Crippen MR) is 40.6 cm³/mol. The standard InChI is InChI=1S/C6H15NO.H3NO/c1-3-6(8,4-2)5-7;1-2/h8H,3-5,7H2,1-2H3;2H,1H2. The number of hydrogen-bond acceptors (Lipinski definition) is 4. The van der Waals surface area contributed by atoms with E-state index in [0.29, 0.717) is 6.54 Å². The van der Waals surface area contributed by atoms with Crippen molar-refractivity contribution < 1.29 is 10.3 Å². The van der Waals surface area contributed by atoms with Crippen molar-refractivity contribution in [2.45, 2.75) is 32.3 Å². The summed E-state index contributed by atoms with van der Waals surface area (Å²) in [5.41, 5.74) is 4.68. The second-order valence-corrected chi connectivity index (χ2v) is 2.14. The predicted octanol–water partition coefficient (Wildman–Crippen LogP) is -0.169. The maximum atomic E-state index is 9.31.